The largest absolute Gasteiger partial charge is 0.497 e. The first-order chi connectivity index (χ1) is 17.5. The molecule has 0 N–H and O–H groups in total. The summed E-state index contributed by atoms with van der Waals surface area (Å²) in [6, 6.07) is 23.6. The molecule has 0 unspecified atom stereocenters. The number of carbonyl (C=O) groups excluding carboxylic acids is 1. The van der Waals surface area contributed by atoms with Crippen LogP contribution in [0.4, 0.5) is 0 Å². The first-order valence-corrected chi connectivity index (χ1v) is 12.5. The second kappa shape index (κ2) is 10.3. The third-order valence-electron chi connectivity index (χ3n) is 6.20. The first-order valence-electron chi connectivity index (χ1n) is 11.7. The van der Waals surface area contributed by atoms with Crippen LogP contribution in [-0.2, 0) is 13.1 Å². The maximum atomic E-state index is 13.5. The Labute approximate surface area is 214 Å². The number of benzene rings is 2. The number of carbonyl (C=O) groups is 1. The molecule has 3 heterocycles. The molecule has 0 saturated heterocycles. The van der Waals surface area contributed by atoms with Gasteiger partial charge in [0.25, 0.3) is 5.91 Å². The summed E-state index contributed by atoms with van der Waals surface area (Å²) in [5, 5.41) is 2.94. The van der Waals surface area contributed by atoms with Crippen molar-refractivity contribution in [1.82, 2.24) is 14.5 Å². The topological polar surface area (TPSA) is 60.5 Å². The van der Waals surface area contributed by atoms with E-state index >= 15 is 0 Å². The molecule has 0 radical (unpaired) electrons. The van der Waals surface area contributed by atoms with Crippen molar-refractivity contribution in [3.8, 4) is 27.7 Å². The quantitative estimate of drug-likeness (QED) is 0.245. The second-order valence-electron chi connectivity index (χ2n) is 8.61. The Bertz CT molecular complexity index is 1450. The summed E-state index contributed by atoms with van der Waals surface area (Å²) in [7, 11) is 3.49. The lowest BCUT2D eigenvalue weighted by Gasteiger charge is -2.17. The van der Waals surface area contributed by atoms with Gasteiger partial charge in [0.15, 0.2) is 0 Å². The number of hydrogen-bond donors (Lipinski definition) is 0. The summed E-state index contributed by atoms with van der Waals surface area (Å²) < 4.78 is 13.0. The van der Waals surface area contributed by atoms with E-state index in [0.717, 1.165) is 44.7 Å². The lowest BCUT2D eigenvalue weighted by Crippen LogP contribution is -2.26. The fraction of sp³-hybridized carbons (Fsp3) is 0.172. The second-order valence-corrected chi connectivity index (χ2v) is 9.47. The van der Waals surface area contributed by atoms with E-state index in [2.05, 4.69) is 4.57 Å². The molecule has 2 aromatic carbocycles. The van der Waals surface area contributed by atoms with Crippen molar-refractivity contribution >= 4 is 17.2 Å². The van der Waals surface area contributed by atoms with Crippen molar-refractivity contribution in [2.24, 2.45) is 0 Å². The van der Waals surface area contributed by atoms with Gasteiger partial charge in [-0.15, -0.1) is 11.3 Å². The van der Waals surface area contributed by atoms with Crippen molar-refractivity contribution in [2.75, 3.05) is 14.2 Å². The molecular weight excluding hydrogens is 470 g/mol. The maximum absolute atomic E-state index is 13.5. The fourth-order valence-electron chi connectivity index (χ4n) is 4.23. The van der Waals surface area contributed by atoms with Crippen LogP contribution in [0.2, 0.25) is 0 Å². The van der Waals surface area contributed by atoms with Gasteiger partial charge in [-0.1, -0.05) is 30.3 Å². The van der Waals surface area contributed by atoms with Gasteiger partial charge < -0.3 is 18.6 Å². The third kappa shape index (κ3) is 4.83. The van der Waals surface area contributed by atoms with Crippen molar-refractivity contribution in [2.45, 2.75) is 20.0 Å². The van der Waals surface area contributed by atoms with Crippen LogP contribution in [-0.4, -0.2) is 34.5 Å². The van der Waals surface area contributed by atoms with E-state index < -0.39 is 0 Å². The Kier molecular flexibility index (Phi) is 6.73. The molecule has 0 aliphatic heterocycles. The first kappa shape index (κ1) is 23.6. The van der Waals surface area contributed by atoms with Crippen LogP contribution < -0.4 is 4.74 Å². The monoisotopic (exact) mass is 497 g/mol. The predicted molar refractivity (Wildman–Crippen MR) is 142 cm³/mol. The number of hydrogen-bond acceptors (Lipinski definition) is 5. The molecular formula is C29H27N3O3S. The molecule has 0 spiro atoms. The zero-order valence-corrected chi connectivity index (χ0v) is 21.3. The normalized spacial score (nSPS) is 11.0. The van der Waals surface area contributed by atoms with E-state index in [1.54, 1.807) is 29.6 Å². The van der Waals surface area contributed by atoms with Gasteiger partial charge in [-0.2, -0.15) is 0 Å². The highest BCUT2D eigenvalue weighted by molar-refractivity contribution is 7.13. The van der Waals surface area contributed by atoms with Crippen molar-refractivity contribution in [1.29, 1.82) is 0 Å². The maximum Gasteiger partial charge on any atom is 0.255 e. The number of aromatic nitrogens is 2. The van der Waals surface area contributed by atoms with Crippen LogP contribution in [0.15, 0.2) is 88.9 Å². The lowest BCUT2D eigenvalue weighted by molar-refractivity contribution is 0.0784. The van der Waals surface area contributed by atoms with Gasteiger partial charge >= 0.3 is 0 Å². The standard InChI is InChI=1S/C29H27N3O3S/c1-20-25(29(33)31(2)17-21-8-5-4-6-9-21)16-27(32(20)18-24-10-7-15-35-24)26-19-36-28(30-26)22-11-13-23(34-3)14-12-22/h4-16,19H,17-18H2,1-3H3. The molecule has 182 valence electrons. The van der Waals surface area contributed by atoms with Crippen molar-refractivity contribution in [3.05, 3.63) is 107 Å². The highest BCUT2D eigenvalue weighted by Gasteiger charge is 2.23. The van der Waals surface area contributed by atoms with Gasteiger partial charge in [0, 0.05) is 30.2 Å². The van der Waals surface area contributed by atoms with Crippen LogP contribution in [0, 0.1) is 6.92 Å². The molecule has 1 amide bonds. The van der Waals surface area contributed by atoms with E-state index in [1.165, 1.54) is 0 Å². The molecule has 0 aliphatic carbocycles. The molecule has 5 aromatic rings. The van der Waals surface area contributed by atoms with Crippen LogP contribution in [0.25, 0.3) is 22.0 Å². The van der Waals surface area contributed by atoms with E-state index in [4.69, 9.17) is 14.1 Å². The van der Waals surface area contributed by atoms with Gasteiger partial charge in [-0.05, 0) is 55.0 Å². The molecule has 36 heavy (non-hydrogen) atoms. The smallest absolute Gasteiger partial charge is 0.255 e. The minimum atomic E-state index is -0.0265. The Balaban J connectivity index is 1.50. The number of rotatable bonds is 8. The SMILES string of the molecule is COc1ccc(-c2nc(-c3cc(C(=O)N(C)Cc4ccccc4)c(C)n3Cc3ccco3)cs2)cc1. The lowest BCUT2D eigenvalue weighted by atomic mass is 10.1. The van der Waals surface area contributed by atoms with Crippen LogP contribution >= 0.6 is 11.3 Å². The summed E-state index contributed by atoms with van der Waals surface area (Å²) in [4.78, 5) is 20.2. The highest BCUT2D eigenvalue weighted by atomic mass is 32.1. The van der Waals surface area contributed by atoms with Crippen molar-refractivity contribution < 1.29 is 13.9 Å². The molecule has 0 atom stereocenters. The van der Waals surface area contributed by atoms with Gasteiger partial charge in [0.2, 0.25) is 0 Å². The number of thiazole rings is 1. The Morgan fingerprint density at radius 3 is 2.56 bits per heavy atom. The summed E-state index contributed by atoms with van der Waals surface area (Å²) in [6.07, 6.45) is 1.66. The van der Waals surface area contributed by atoms with Gasteiger partial charge in [-0.3, -0.25) is 4.79 Å². The molecule has 3 aromatic heterocycles. The molecule has 6 nitrogen and oxygen atoms in total. The highest BCUT2D eigenvalue weighted by Crippen LogP contribution is 2.33. The summed E-state index contributed by atoms with van der Waals surface area (Å²) in [6.45, 7) is 3.03. The number of furan rings is 1. The molecule has 0 fully saturated rings. The van der Waals surface area contributed by atoms with Crippen LogP contribution in [0.5, 0.6) is 5.75 Å². The molecule has 5 rings (SSSR count). The fourth-order valence-corrected chi connectivity index (χ4v) is 5.05. The van der Waals surface area contributed by atoms with Gasteiger partial charge in [0.05, 0.1) is 36.9 Å². The average Bonchev–Trinajstić information content (AvgIpc) is 3.66. The molecule has 0 saturated carbocycles. The van der Waals surface area contributed by atoms with Crippen molar-refractivity contribution in [3.63, 3.8) is 0 Å². The van der Waals surface area contributed by atoms with E-state index in [1.807, 2.05) is 92.1 Å². The van der Waals surface area contributed by atoms with Gasteiger partial charge in [-0.25, -0.2) is 4.98 Å². The molecule has 0 aliphatic rings. The van der Waals surface area contributed by atoms with Gasteiger partial charge in [0.1, 0.15) is 16.5 Å². The predicted octanol–water partition coefficient (Wildman–Crippen LogP) is 6.51. The van der Waals surface area contributed by atoms with Crippen LogP contribution in [0.3, 0.4) is 0 Å². The summed E-state index contributed by atoms with van der Waals surface area (Å²) in [5.41, 5.74) is 5.36. The number of ether oxygens (including phenoxy) is 1. The zero-order valence-electron chi connectivity index (χ0n) is 20.5. The summed E-state index contributed by atoms with van der Waals surface area (Å²) in [5.74, 6) is 1.60. The van der Waals surface area contributed by atoms with E-state index in [-0.39, 0.29) is 5.91 Å². The minimum Gasteiger partial charge on any atom is -0.497 e. The molecule has 7 heteroatoms. The number of methoxy groups -OCH3 is 1. The Morgan fingerprint density at radius 1 is 1.08 bits per heavy atom. The Morgan fingerprint density at radius 2 is 1.86 bits per heavy atom. The minimum absolute atomic E-state index is 0.0265. The number of amides is 1. The Hall–Kier alpha value is -4.10. The average molecular weight is 498 g/mol. The summed E-state index contributed by atoms with van der Waals surface area (Å²) >= 11 is 1.58. The van der Waals surface area contributed by atoms with Crippen LogP contribution in [0.1, 0.15) is 27.4 Å². The van der Waals surface area contributed by atoms with E-state index in [9.17, 15) is 4.79 Å². The third-order valence-corrected chi connectivity index (χ3v) is 7.10. The number of nitrogens with zero attached hydrogens (tertiary/aromatic N) is 3. The van der Waals surface area contributed by atoms with E-state index in [0.29, 0.717) is 18.7 Å². The zero-order chi connectivity index (χ0) is 25.1. The molecule has 0 bridgehead atoms.